The zero-order chi connectivity index (χ0) is 20.4. The van der Waals surface area contributed by atoms with Gasteiger partial charge in [0, 0.05) is 6.42 Å². The molecule has 4 atom stereocenters. The molecule has 148 valence electrons. The quantitative estimate of drug-likeness (QED) is 0.193. The lowest BCUT2D eigenvalue weighted by Crippen LogP contribution is -2.56. The number of aliphatic hydroxyl groups excluding tert-OH is 1. The molecule has 0 aliphatic heterocycles. The van der Waals surface area contributed by atoms with Gasteiger partial charge in [0.25, 0.3) is 0 Å². The van der Waals surface area contributed by atoms with Gasteiger partial charge >= 0.3 is 11.9 Å². The Labute approximate surface area is 149 Å². The number of aliphatic carboxylic acids is 2. The maximum absolute atomic E-state index is 12.2. The predicted molar refractivity (Wildman–Crippen MR) is 86.7 cm³/mol. The molecule has 12 nitrogen and oxygen atoms in total. The summed E-state index contributed by atoms with van der Waals surface area (Å²) in [5.41, 5.74) is 5.38. The Morgan fingerprint density at radius 2 is 1.42 bits per heavy atom. The van der Waals surface area contributed by atoms with Gasteiger partial charge < -0.3 is 37.0 Å². The fourth-order valence-corrected chi connectivity index (χ4v) is 1.70. The summed E-state index contributed by atoms with van der Waals surface area (Å²) in [5.74, 6) is -5.04. The van der Waals surface area contributed by atoms with Crippen molar-refractivity contribution in [3.05, 3.63) is 0 Å². The lowest BCUT2D eigenvalue weighted by Gasteiger charge is -2.22. The van der Waals surface area contributed by atoms with Gasteiger partial charge in [-0.15, -0.1) is 0 Å². The minimum Gasteiger partial charge on any atom is -0.481 e. The smallest absolute Gasteiger partial charge is 0.328 e. The van der Waals surface area contributed by atoms with Crippen LogP contribution in [0, 0.1) is 0 Å². The average Bonchev–Trinajstić information content (AvgIpc) is 2.54. The van der Waals surface area contributed by atoms with Crippen LogP contribution in [0.2, 0.25) is 0 Å². The molecular formula is C14H24N4O8. The molecule has 0 bridgehead atoms. The number of hydrogen-bond donors (Lipinski definition) is 7. The van der Waals surface area contributed by atoms with Crippen molar-refractivity contribution in [3.8, 4) is 0 Å². The maximum Gasteiger partial charge on any atom is 0.328 e. The van der Waals surface area contributed by atoms with E-state index in [1.54, 1.807) is 0 Å². The molecule has 3 amide bonds. The second kappa shape index (κ2) is 11.0. The molecular weight excluding hydrogens is 352 g/mol. The van der Waals surface area contributed by atoms with Gasteiger partial charge in [-0.3, -0.25) is 19.2 Å². The molecule has 0 fully saturated rings. The summed E-state index contributed by atoms with van der Waals surface area (Å²) in [6, 6.07) is -4.91. The van der Waals surface area contributed by atoms with Gasteiger partial charge in [0.2, 0.25) is 17.7 Å². The lowest BCUT2D eigenvalue weighted by atomic mass is 10.1. The molecule has 0 aliphatic rings. The van der Waals surface area contributed by atoms with E-state index in [2.05, 4.69) is 10.6 Å². The lowest BCUT2D eigenvalue weighted by molar-refractivity contribution is -0.143. The van der Waals surface area contributed by atoms with Crippen molar-refractivity contribution in [2.75, 3.05) is 6.61 Å². The molecule has 0 saturated carbocycles. The van der Waals surface area contributed by atoms with Crippen molar-refractivity contribution in [3.63, 3.8) is 0 Å². The van der Waals surface area contributed by atoms with Crippen LogP contribution in [0.5, 0.6) is 0 Å². The molecule has 8 N–H and O–H groups in total. The minimum atomic E-state index is -1.54. The number of carboxylic acid groups (broad SMARTS) is 2. The molecule has 0 aromatic heterocycles. The van der Waals surface area contributed by atoms with Gasteiger partial charge in [0.15, 0.2) is 0 Å². The molecule has 12 heteroatoms. The van der Waals surface area contributed by atoms with Crippen LogP contribution >= 0.6 is 0 Å². The van der Waals surface area contributed by atoms with E-state index in [0.717, 1.165) is 0 Å². The van der Waals surface area contributed by atoms with Crippen LogP contribution in [-0.2, 0) is 24.0 Å². The van der Waals surface area contributed by atoms with Gasteiger partial charge in [0.1, 0.15) is 18.1 Å². The Morgan fingerprint density at radius 3 is 1.85 bits per heavy atom. The number of carbonyl (C=O) groups excluding carboxylic acids is 3. The van der Waals surface area contributed by atoms with E-state index in [4.69, 9.17) is 21.1 Å². The summed E-state index contributed by atoms with van der Waals surface area (Å²) in [6.07, 6.45) is -0.647. The predicted octanol–water partition coefficient (Wildman–Crippen LogP) is -3.25. The Hall–Kier alpha value is -2.73. The van der Waals surface area contributed by atoms with Gasteiger partial charge in [-0.1, -0.05) is 0 Å². The van der Waals surface area contributed by atoms with Crippen LogP contribution in [0.3, 0.4) is 0 Å². The number of carboxylic acids is 2. The van der Waals surface area contributed by atoms with Crippen LogP contribution in [0.1, 0.15) is 26.7 Å². The second-order valence-corrected chi connectivity index (χ2v) is 5.59. The summed E-state index contributed by atoms with van der Waals surface area (Å²) < 4.78 is 0. The summed E-state index contributed by atoms with van der Waals surface area (Å²) >= 11 is 0. The average molecular weight is 376 g/mol. The monoisotopic (exact) mass is 376 g/mol. The van der Waals surface area contributed by atoms with Crippen molar-refractivity contribution in [2.24, 2.45) is 5.73 Å². The normalized spacial score (nSPS) is 15.1. The van der Waals surface area contributed by atoms with E-state index in [1.807, 2.05) is 5.32 Å². The number of rotatable bonds is 11. The molecule has 0 aliphatic carbocycles. The van der Waals surface area contributed by atoms with Crippen LogP contribution < -0.4 is 21.7 Å². The standard InChI is InChI=1S/C14H24N4O8/c1-6(15)11(22)17-8(3-4-10(20)21)13(24)16-7(2)12(23)18-9(5-19)14(25)26/h6-9,19H,3-5,15H2,1-2H3,(H,16,24)(H,17,22)(H,18,23)(H,20,21)(H,25,26). The largest absolute Gasteiger partial charge is 0.481 e. The van der Waals surface area contributed by atoms with Crippen molar-refractivity contribution in [2.45, 2.75) is 50.9 Å². The number of aliphatic hydroxyl groups is 1. The molecule has 4 unspecified atom stereocenters. The van der Waals surface area contributed by atoms with Gasteiger partial charge in [-0.2, -0.15) is 0 Å². The highest BCUT2D eigenvalue weighted by molar-refractivity contribution is 5.94. The Morgan fingerprint density at radius 1 is 0.885 bits per heavy atom. The number of carbonyl (C=O) groups is 5. The van der Waals surface area contributed by atoms with Crippen LogP contribution in [0.4, 0.5) is 0 Å². The van der Waals surface area contributed by atoms with Crippen molar-refractivity contribution >= 4 is 29.7 Å². The highest BCUT2D eigenvalue weighted by Gasteiger charge is 2.27. The minimum absolute atomic E-state index is 0.234. The number of nitrogens with two attached hydrogens (primary N) is 1. The highest BCUT2D eigenvalue weighted by atomic mass is 16.4. The van der Waals surface area contributed by atoms with Crippen molar-refractivity contribution in [1.29, 1.82) is 0 Å². The molecule has 26 heavy (non-hydrogen) atoms. The zero-order valence-corrected chi connectivity index (χ0v) is 14.4. The summed E-state index contributed by atoms with van der Waals surface area (Å²) in [6.45, 7) is 1.79. The van der Waals surface area contributed by atoms with Gasteiger partial charge in [0.05, 0.1) is 12.6 Å². The van der Waals surface area contributed by atoms with E-state index >= 15 is 0 Å². The molecule has 0 aromatic rings. The van der Waals surface area contributed by atoms with E-state index in [0.29, 0.717) is 0 Å². The molecule has 0 spiro atoms. The number of hydrogen-bond acceptors (Lipinski definition) is 7. The molecule has 0 rings (SSSR count). The Balaban J connectivity index is 4.92. The summed E-state index contributed by atoms with van der Waals surface area (Å²) in [5, 5.41) is 32.9. The molecule has 0 saturated heterocycles. The molecule has 0 aromatic carbocycles. The van der Waals surface area contributed by atoms with Gasteiger partial charge in [-0.25, -0.2) is 4.79 Å². The Bertz CT molecular complexity index is 551. The van der Waals surface area contributed by atoms with Gasteiger partial charge in [-0.05, 0) is 20.3 Å². The SMILES string of the molecule is CC(N)C(=O)NC(CCC(=O)O)C(=O)NC(C)C(=O)NC(CO)C(=O)O. The number of nitrogens with one attached hydrogen (secondary N) is 3. The third-order valence-electron chi connectivity index (χ3n) is 3.24. The zero-order valence-electron chi connectivity index (χ0n) is 14.4. The fraction of sp³-hybridized carbons (Fsp3) is 0.643. The second-order valence-electron chi connectivity index (χ2n) is 5.59. The fourth-order valence-electron chi connectivity index (χ4n) is 1.70. The van der Waals surface area contributed by atoms with E-state index in [1.165, 1.54) is 13.8 Å². The summed E-state index contributed by atoms with van der Waals surface area (Å²) in [7, 11) is 0. The first-order valence-electron chi connectivity index (χ1n) is 7.71. The maximum atomic E-state index is 12.2. The first-order valence-corrected chi connectivity index (χ1v) is 7.71. The topological polar surface area (TPSA) is 208 Å². The van der Waals surface area contributed by atoms with Crippen LogP contribution in [0.25, 0.3) is 0 Å². The first-order chi connectivity index (χ1) is 12.0. The highest BCUT2D eigenvalue weighted by Crippen LogP contribution is 2.00. The first kappa shape index (κ1) is 23.3. The van der Waals surface area contributed by atoms with E-state index in [9.17, 15) is 24.0 Å². The molecule has 0 radical (unpaired) electrons. The van der Waals surface area contributed by atoms with Crippen LogP contribution in [0.15, 0.2) is 0 Å². The third-order valence-corrected chi connectivity index (χ3v) is 3.24. The Kier molecular flexibility index (Phi) is 9.84. The van der Waals surface area contributed by atoms with E-state index in [-0.39, 0.29) is 6.42 Å². The summed E-state index contributed by atoms with van der Waals surface area (Å²) in [4.78, 5) is 57.2. The van der Waals surface area contributed by atoms with Crippen LogP contribution in [-0.4, -0.2) is 75.8 Å². The molecule has 0 heterocycles. The van der Waals surface area contributed by atoms with Crippen molar-refractivity contribution < 1.29 is 39.3 Å². The number of amides is 3. The third kappa shape index (κ3) is 8.39. The van der Waals surface area contributed by atoms with E-state index < -0.39 is 66.9 Å². The van der Waals surface area contributed by atoms with Crippen molar-refractivity contribution in [1.82, 2.24) is 16.0 Å².